The number of benzene rings is 1. The molecule has 1 saturated heterocycles. The number of hydrogen-bond acceptors (Lipinski definition) is 7. The number of hydrogen-bond donors (Lipinski definition) is 4. The molecule has 5 atom stereocenters. The topological polar surface area (TPSA) is 134 Å². The first-order valence-corrected chi connectivity index (χ1v) is 6.83. The predicted molar refractivity (Wildman–Crippen MR) is 71.2 cm³/mol. The lowest BCUT2D eigenvalue weighted by Gasteiger charge is -2.37. The van der Waals surface area contributed by atoms with E-state index in [1.54, 1.807) is 0 Å². The lowest BCUT2D eigenvalue weighted by molar-refractivity contribution is -0.278. The van der Waals surface area contributed by atoms with E-state index >= 15 is 0 Å². The van der Waals surface area contributed by atoms with Crippen LogP contribution in [0.1, 0.15) is 15.9 Å². The number of esters is 1. The van der Waals surface area contributed by atoms with Crippen LogP contribution < -0.4 is 0 Å². The summed E-state index contributed by atoms with van der Waals surface area (Å²) in [6, 6.07) is 2.90. The van der Waals surface area contributed by atoms with Crippen LogP contribution in [0.3, 0.4) is 0 Å². The highest BCUT2D eigenvalue weighted by atomic mass is 19.4. The van der Waals surface area contributed by atoms with Gasteiger partial charge in [0, 0.05) is 0 Å². The normalized spacial score (nSPS) is 29.9. The minimum absolute atomic E-state index is 0.323. The van der Waals surface area contributed by atoms with Crippen molar-refractivity contribution in [2.45, 2.75) is 36.9 Å². The Morgan fingerprint density at radius 3 is 2.04 bits per heavy atom. The van der Waals surface area contributed by atoms with Crippen molar-refractivity contribution in [1.29, 1.82) is 0 Å². The average Bonchev–Trinajstić information content (AvgIpc) is 2.54. The zero-order chi connectivity index (χ0) is 18.9. The Labute approximate surface area is 138 Å². The quantitative estimate of drug-likeness (QED) is 0.539. The number of aliphatic hydroxyl groups excluding tert-OH is 3. The minimum atomic E-state index is -4.60. The van der Waals surface area contributed by atoms with Gasteiger partial charge in [0.1, 0.15) is 18.3 Å². The second kappa shape index (κ2) is 6.96. The molecule has 1 heterocycles. The molecule has 0 radical (unpaired) electrons. The first-order chi connectivity index (χ1) is 11.5. The van der Waals surface area contributed by atoms with Crippen LogP contribution in [0.25, 0.3) is 0 Å². The summed E-state index contributed by atoms with van der Waals surface area (Å²) in [4.78, 5) is 22.8. The van der Waals surface area contributed by atoms with E-state index in [2.05, 4.69) is 4.74 Å². The molecule has 1 aliphatic rings. The predicted octanol–water partition coefficient (Wildman–Crippen LogP) is -0.246. The van der Waals surface area contributed by atoms with Gasteiger partial charge in [0.2, 0.25) is 6.29 Å². The van der Waals surface area contributed by atoms with Crippen molar-refractivity contribution in [3.05, 3.63) is 35.4 Å². The third-order valence-electron chi connectivity index (χ3n) is 3.48. The molecule has 0 amide bonds. The van der Waals surface area contributed by atoms with Crippen molar-refractivity contribution >= 4 is 11.9 Å². The van der Waals surface area contributed by atoms with Crippen LogP contribution in [0.15, 0.2) is 24.3 Å². The van der Waals surface area contributed by atoms with Crippen molar-refractivity contribution in [2.24, 2.45) is 0 Å². The van der Waals surface area contributed by atoms with Gasteiger partial charge >= 0.3 is 18.1 Å². The highest BCUT2D eigenvalue weighted by molar-refractivity contribution is 5.89. The summed E-state index contributed by atoms with van der Waals surface area (Å²) < 4.78 is 46.8. The molecule has 0 bridgehead atoms. The standard InChI is InChI=1S/C14H13F3O8/c15-14(16,17)6-3-1-5(2-4-6)12(23)25-13-9(20)7(18)8(19)10(24-13)11(21)22/h1-4,7-10,13,18-20H,(H,21,22)/t7-,8-,9+,10-,13-/m0/s1. The molecule has 0 spiro atoms. The van der Waals surface area contributed by atoms with E-state index in [0.29, 0.717) is 12.1 Å². The highest BCUT2D eigenvalue weighted by Gasteiger charge is 2.48. The summed E-state index contributed by atoms with van der Waals surface area (Å²) in [5.41, 5.74) is -1.32. The van der Waals surface area contributed by atoms with Crippen molar-refractivity contribution in [1.82, 2.24) is 0 Å². The van der Waals surface area contributed by atoms with Gasteiger partial charge in [-0.15, -0.1) is 0 Å². The maximum Gasteiger partial charge on any atom is 0.416 e. The van der Waals surface area contributed by atoms with E-state index in [-0.39, 0.29) is 5.56 Å². The lowest BCUT2D eigenvalue weighted by atomic mass is 9.99. The number of carbonyl (C=O) groups is 2. The molecule has 11 heteroatoms. The van der Waals surface area contributed by atoms with E-state index in [1.165, 1.54) is 0 Å². The molecule has 25 heavy (non-hydrogen) atoms. The Bertz CT molecular complexity index is 644. The Kier molecular flexibility index (Phi) is 5.32. The molecule has 2 rings (SSSR count). The van der Waals surface area contributed by atoms with E-state index in [9.17, 15) is 38.1 Å². The van der Waals surface area contributed by atoms with Crippen molar-refractivity contribution in [3.8, 4) is 0 Å². The van der Waals surface area contributed by atoms with E-state index in [1.807, 2.05) is 0 Å². The third kappa shape index (κ3) is 4.07. The maximum atomic E-state index is 12.5. The van der Waals surface area contributed by atoms with Crippen molar-refractivity contribution < 1.29 is 52.7 Å². The molecule has 1 aromatic carbocycles. The third-order valence-corrected chi connectivity index (χ3v) is 3.48. The van der Waals surface area contributed by atoms with Crippen LogP contribution in [0.5, 0.6) is 0 Å². The Morgan fingerprint density at radius 2 is 1.56 bits per heavy atom. The van der Waals surface area contributed by atoms with Crippen molar-refractivity contribution in [2.75, 3.05) is 0 Å². The van der Waals surface area contributed by atoms with Gasteiger partial charge in [0.15, 0.2) is 6.10 Å². The van der Waals surface area contributed by atoms with Crippen LogP contribution in [-0.4, -0.2) is 63.1 Å². The van der Waals surface area contributed by atoms with Crippen LogP contribution in [-0.2, 0) is 20.4 Å². The zero-order valence-electron chi connectivity index (χ0n) is 12.3. The molecule has 1 aliphatic heterocycles. The van der Waals surface area contributed by atoms with E-state index < -0.39 is 54.4 Å². The number of carboxylic acid groups (broad SMARTS) is 1. The van der Waals surface area contributed by atoms with Gasteiger partial charge in [0.25, 0.3) is 0 Å². The van der Waals surface area contributed by atoms with Crippen molar-refractivity contribution in [3.63, 3.8) is 0 Å². The summed E-state index contributed by atoms with van der Waals surface area (Å²) in [5, 5.41) is 37.6. The SMILES string of the molecule is O=C(O[C@@H]1O[C@H](C(=O)O)[C@@H](O)[C@H](O)[C@H]1O)c1ccc(C(F)(F)F)cc1. The second-order valence-electron chi connectivity index (χ2n) is 5.22. The second-order valence-corrected chi connectivity index (χ2v) is 5.22. The van der Waals surface area contributed by atoms with Gasteiger partial charge in [0.05, 0.1) is 11.1 Å². The summed E-state index contributed by atoms with van der Waals surface area (Å²) in [5.74, 6) is -2.89. The van der Waals surface area contributed by atoms with Crippen LogP contribution >= 0.6 is 0 Å². The number of aliphatic hydroxyl groups is 3. The summed E-state index contributed by atoms with van der Waals surface area (Å²) in [6.07, 6.45) is -14.4. The number of carboxylic acids is 1. The molecule has 1 aromatic rings. The molecule has 4 N–H and O–H groups in total. The highest BCUT2D eigenvalue weighted by Crippen LogP contribution is 2.29. The molecule has 138 valence electrons. The monoisotopic (exact) mass is 366 g/mol. The van der Waals surface area contributed by atoms with E-state index in [0.717, 1.165) is 12.1 Å². The Morgan fingerprint density at radius 1 is 1.00 bits per heavy atom. The summed E-state index contributed by atoms with van der Waals surface area (Å²) in [7, 11) is 0. The van der Waals surface area contributed by atoms with Gasteiger partial charge in [-0.3, -0.25) is 0 Å². The van der Waals surface area contributed by atoms with E-state index in [4.69, 9.17) is 9.84 Å². The molecular formula is C14H13F3O8. The van der Waals surface area contributed by atoms with Gasteiger partial charge in [-0.2, -0.15) is 13.2 Å². The number of halogens is 3. The molecule has 0 unspecified atom stereocenters. The molecule has 1 fully saturated rings. The smallest absolute Gasteiger partial charge is 0.416 e. The zero-order valence-corrected chi connectivity index (χ0v) is 12.3. The number of carbonyl (C=O) groups excluding carboxylic acids is 1. The largest absolute Gasteiger partial charge is 0.479 e. The molecule has 8 nitrogen and oxygen atoms in total. The van der Waals surface area contributed by atoms with Crippen LogP contribution in [0.2, 0.25) is 0 Å². The molecule has 0 aliphatic carbocycles. The number of aliphatic carboxylic acids is 1. The fraction of sp³-hybridized carbons (Fsp3) is 0.429. The van der Waals surface area contributed by atoms with Crippen LogP contribution in [0.4, 0.5) is 13.2 Å². The molecule has 0 saturated carbocycles. The van der Waals surface area contributed by atoms with Gasteiger partial charge in [-0.25, -0.2) is 9.59 Å². The van der Waals surface area contributed by atoms with Gasteiger partial charge < -0.3 is 29.9 Å². The Hall–Kier alpha value is -2.21. The number of ether oxygens (including phenoxy) is 2. The van der Waals surface area contributed by atoms with Gasteiger partial charge in [-0.1, -0.05) is 0 Å². The minimum Gasteiger partial charge on any atom is -0.479 e. The number of rotatable bonds is 3. The first kappa shape index (κ1) is 19.1. The fourth-order valence-electron chi connectivity index (χ4n) is 2.12. The fourth-order valence-corrected chi connectivity index (χ4v) is 2.12. The molecular weight excluding hydrogens is 353 g/mol. The number of alkyl halides is 3. The molecule has 0 aromatic heterocycles. The summed E-state index contributed by atoms with van der Waals surface area (Å²) in [6.45, 7) is 0. The van der Waals surface area contributed by atoms with Crippen LogP contribution in [0, 0.1) is 0 Å². The average molecular weight is 366 g/mol. The Balaban J connectivity index is 2.12. The first-order valence-electron chi connectivity index (χ1n) is 6.83. The summed E-state index contributed by atoms with van der Waals surface area (Å²) >= 11 is 0. The lowest BCUT2D eigenvalue weighted by Crippen LogP contribution is -2.60. The maximum absolute atomic E-state index is 12.5. The van der Waals surface area contributed by atoms with Gasteiger partial charge in [-0.05, 0) is 24.3 Å².